The van der Waals surface area contributed by atoms with Gasteiger partial charge in [-0.25, -0.2) is 14.8 Å². The predicted molar refractivity (Wildman–Crippen MR) is 132 cm³/mol. The molecule has 2 N–H and O–H groups in total. The Morgan fingerprint density at radius 1 is 1.38 bits per heavy atom. The Labute approximate surface area is 213 Å². The standard InChI is InChI=1S/C25H27N7O5/c1-36-21-8-19(21)28-18-9-22(27-11-17(18)10-26)30-25(35)32-4-2-3-15-7-16(20(13-33)29-24(15)32)12-31-5-6-37-14-23(31)34/h7,9,11,13,19,21H,2-6,8,12,14H2,1H3,(H2,27,28,30,35). The number of carbonyl (C=O) groups excluding carboxylic acids is 3. The van der Waals surface area contributed by atoms with Crippen LogP contribution >= 0.6 is 0 Å². The molecule has 12 heteroatoms. The van der Waals surface area contributed by atoms with Crippen LogP contribution in [0, 0.1) is 11.3 Å². The van der Waals surface area contributed by atoms with E-state index in [1.54, 1.807) is 18.1 Å². The second kappa shape index (κ2) is 10.5. The Kier molecular flexibility index (Phi) is 6.98. The van der Waals surface area contributed by atoms with Crippen molar-refractivity contribution in [3.05, 3.63) is 40.7 Å². The summed E-state index contributed by atoms with van der Waals surface area (Å²) in [7, 11) is 1.64. The number of ether oxygens (including phenoxy) is 2. The molecule has 1 saturated carbocycles. The van der Waals surface area contributed by atoms with Crippen molar-refractivity contribution >= 4 is 35.5 Å². The highest BCUT2D eigenvalue weighted by Gasteiger charge is 2.38. The molecule has 2 atom stereocenters. The molecule has 3 amide bonds. The number of amides is 3. The van der Waals surface area contributed by atoms with E-state index < -0.39 is 6.03 Å². The van der Waals surface area contributed by atoms with Gasteiger partial charge in [-0.2, -0.15) is 5.26 Å². The smallest absolute Gasteiger partial charge is 0.328 e. The van der Waals surface area contributed by atoms with E-state index in [-0.39, 0.29) is 42.7 Å². The van der Waals surface area contributed by atoms with Crippen LogP contribution < -0.4 is 15.5 Å². The Morgan fingerprint density at radius 3 is 2.97 bits per heavy atom. The SMILES string of the molecule is COC1CC1Nc1cc(NC(=O)N2CCCc3cc(CN4CCOCC4=O)c(C=O)nc32)ncc1C#N. The van der Waals surface area contributed by atoms with E-state index in [1.807, 2.05) is 6.07 Å². The number of hydrogen-bond donors (Lipinski definition) is 2. The molecule has 3 aliphatic rings. The van der Waals surface area contributed by atoms with Gasteiger partial charge in [-0.05, 0) is 30.9 Å². The first kappa shape index (κ1) is 24.6. The summed E-state index contributed by atoms with van der Waals surface area (Å²) in [4.78, 5) is 49.1. The van der Waals surface area contributed by atoms with E-state index >= 15 is 0 Å². The summed E-state index contributed by atoms with van der Waals surface area (Å²) in [5.41, 5.74) is 2.60. The number of urea groups is 1. The number of nitrogens with zero attached hydrogens (tertiary/aromatic N) is 5. The molecule has 0 radical (unpaired) electrons. The fourth-order valence-electron chi connectivity index (χ4n) is 4.60. The first-order chi connectivity index (χ1) is 18.0. The summed E-state index contributed by atoms with van der Waals surface area (Å²) in [5, 5.41) is 15.5. The van der Waals surface area contributed by atoms with Gasteiger partial charge in [-0.15, -0.1) is 0 Å². The number of hydrogen-bond acceptors (Lipinski definition) is 9. The van der Waals surface area contributed by atoms with Crippen molar-refractivity contribution in [3.8, 4) is 6.07 Å². The maximum absolute atomic E-state index is 13.2. The first-order valence-electron chi connectivity index (χ1n) is 12.1. The number of methoxy groups -OCH3 is 1. The van der Waals surface area contributed by atoms with Crippen LogP contribution in [-0.4, -0.2) is 78.7 Å². The highest BCUT2D eigenvalue weighted by molar-refractivity contribution is 6.02. The van der Waals surface area contributed by atoms with E-state index in [4.69, 9.17) is 9.47 Å². The number of carbonyl (C=O) groups is 3. The molecule has 5 rings (SSSR count). The molecule has 2 fully saturated rings. The molecular weight excluding hydrogens is 478 g/mol. The van der Waals surface area contributed by atoms with Crippen molar-refractivity contribution in [1.82, 2.24) is 14.9 Å². The number of aryl methyl sites for hydroxylation is 1. The molecule has 12 nitrogen and oxygen atoms in total. The van der Waals surface area contributed by atoms with Crippen LogP contribution in [0.1, 0.15) is 40.0 Å². The highest BCUT2D eigenvalue weighted by Crippen LogP contribution is 2.31. The first-order valence-corrected chi connectivity index (χ1v) is 12.1. The lowest BCUT2D eigenvalue weighted by atomic mass is 10.0. The number of nitriles is 1. The Hall–Kier alpha value is -4.08. The number of pyridine rings is 2. The average Bonchev–Trinajstić information content (AvgIpc) is 3.67. The van der Waals surface area contributed by atoms with Crippen molar-refractivity contribution in [2.24, 2.45) is 0 Å². The largest absolute Gasteiger partial charge is 0.379 e. The zero-order chi connectivity index (χ0) is 25.9. The predicted octanol–water partition coefficient (Wildman–Crippen LogP) is 1.70. The van der Waals surface area contributed by atoms with Gasteiger partial charge in [0, 0.05) is 44.6 Å². The molecule has 0 bridgehead atoms. The lowest BCUT2D eigenvalue weighted by Gasteiger charge is -2.30. The monoisotopic (exact) mass is 505 g/mol. The van der Waals surface area contributed by atoms with Crippen molar-refractivity contribution < 1.29 is 23.9 Å². The zero-order valence-electron chi connectivity index (χ0n) is 20.4. The number of aldehydes is 1. The van der Waals surface area contributed by atoms with Gasteiger partial charge in [0.05, 0.1) is 30.0 Å². The molecule has 2 unspecified atom stereocenters. The number of morpholine rings is 1. The zero-order valence-corrected chi connectivity index (χ0v) is 20.4. The molecule has 1 aliphatic carbocycles. The maximum Gasteiger partial charge on any atom is 0.328 e. The van der Waals surface area contributed by atoms with Gasteiger partial charge in [0.15, 0.2) is 6.29 Å². The molecule has 4 heterocycles. The van der Waals surface area contributed by atoms with Crippen LogP contribution in [0.3, 0.4) is 0 Å². The third kappa shape index (κ3) is 5.23. The lowest BCUT2D eigenvalue weighted by molar-refractivity contribution is -0.143. The van der Waals surface area contributed by atoms with Gasteiger partial charge in [-0.1, -0.05) is 0 Å². The van der Waals surface area contributed by atoms with Crippen molar-refractivity contribution in [3.63, 3.8) is 0 Å². The lowest BCUT2D eigenvalue weighted by Crippen LogP contribution is -2.42. The number of nitrogens with one attached hydrogen (secondary N) is 2. The van der Waals surface area contributed by atoms with Crippen molar-refractivity contribution in [2.75, 3.05) is 48.9 Å². The summed E-state index contributed by atoms with van der Waals surface area (Å²) >= 11 is 0. The molecule has 0 aromatic carbocycles. The number of fused-ring (bicyclic) bond motifs is 1. The Balaban J connectivity index is 1.35. The summed E-state index contributed by atoms with van der Waals surface area (Å²) in [6.45, 7) is 1.60. The van der Waals surface area contributed by atoms with Gasteiger partial charge in [0.25, 0.3) is 0 Å². The normalized spacial score (nSPS) is 20.6. The van der Waals surface area contributed by atoms with Crippen molar-refractivity contribution in [1.29, 1.82) is 5.26 Å². The summed E-state index contributed by atoms with van der Waals surface area (Å²) in [5.74, 6) is 0.562. The molecular formula is C25H27N7O5. The minimum atomic E-state index is -0.439. The van der Waals surface area contributed by atoms with Gasteiger partial charge in [0.2, 0.25) is 5.91 Å². The van der Waals surface area contributed by atoms with Gasteiger partial charge in [-0.3, -0.25) is 19.8 Å². The van der Waals surface area contributed by atoms with Crippen molar-refractivity contribution in [2.45, 2.75) is 38.0 Å². The second-order valence-corrected chi connectivity index (χ2v) is 9.17. The molecule has 1 saturated heterocycles. The van der Waals surface area contributed by atoms with E-state index in [0.717, 1.165) is 12.0 Å². The fraction of sp³-hybridized carbons (Fsp3) is 0.440. The minimum Gasteiger partial charge on any atom is -0.379 e. The van der Waals surface area contributed by atoms with E-state index in [2.05, 4.69) is 26.7 Å². The van der Waals surface area contributed by atoms with Gasteiger partial charge in [0.1, 0.15) is 30.0 Å². The summed E-state index contributed by atoms with van der Waals surface area (Å²) in [6.07, 6.45) is 4.40. The van der Waals surface area contributed by atoms with Crippen LogP contribution in [0.4, 0.5) is 22.1 Å². The van der Waals surface area contributed by atoms with E-state index in [1.165, 1.54) is 11.1 Å². The Morgan fingerprint density at radius 2 is 2.24 bits per heavy atom. The molecule has 0 spiro atoms. The molecule has 192 valence electrons. The quantitative estimate of drug-likeness (QED) is 0.536. The fourth-order valence-corrected chi connectivity index (χ4v) is 4.60. The number of anilines is 3. The third-order valence-corrected chi connectivity index (χ3v) is 6.71. The number of rotatable bonds is 7. The third-order valence-electron chi connectivity index (χ3n) is 6.71. The average molecular weight is 506 g/mol. The summed E-state index contributed by atoms with van der Waals surface area (Å²) < 4.78 is 10.5. The van der Waals surface area contributed by atoms with Crippen LogP contribution in [-0.2, 0) is 27.2 Å². The van der Waals surface area contributed by atoms with Gasteiger partial charge >= 0.3 is 6.03 Å². The minimum absolute atomic E-state index is 0.0248. The molecule has 2 aromatic heterocycles. The van der Waals surface area contributed by atoms with Crippen LogP contribution in [0.2, 0.25) is 0 Å². The van der Waals surface area contributed by atoms with Crippen LogP contribution in [0.5, 0.6) is 0 Å². The van der Waals surface area contributed by atoms with Gasteiger partial charge < -0.3 is 19.7 Å². The van der Waals surface area contributed by atoms with Crippen LogP contribution in [0.15, 0.2) is 18.3 Å². The highest BCUT2D eigenvalue weighted by atomic mass is 16.5. The van der Waals surface area contributed by atoms with Crippen LogP contribution in [0.25, 0.3) is 0 Å². The Bertz CT molecular complexity index is 1280. The maximum atomic E-state index is 13.2. The molecule has 2 aliphatic heterocycles. The molecule has 2 aromatic rings. The van der Waals surface area contributed by atoms with E-state index in [0.29, 0.717) is 61.5 Å². The number of aromatic nitrogens is 2. The topological polar surface area (TPSA) is 150 Å². The summed E-state index contributed by atoms with van der Waals surface area (Å²) in [6, 6.07) is 5.25. The molecule has 37 heavy (non-hydrogen) atoms. The second-order valence-electron chi connectivity index (χ2n) is 9.17. The van der Waals surface area contributed by atoms with E-state index in [9.17, 15) is 19.6 Å².